The van der Waals surface area contributed by atoms with E-state index in [1.807, 2.05) is 26.8 Å². The van der Waals surface area contributed by atoms with Crippen LogP contribution in [0.4, 0.5) is 0 Å². The summed E-state index contributed by atoms with van der Waals surface area (Å²) in [6.45, 7) is 8.25. The van der Waals surface area contributed by atoms with Gasteiger partial charge in [-0.1, -0.05) is 12.1 Å². The van der Waals surface area contributed by atoms with E-state index in [4.69, 9.17) is 4.74 Å². The van der Waals surface area contributed by atoms with Gasteiger partial charge in [0.1, 0.15) is 17.9 Å². The van der Waals surface area contributed by atoms with Crippen LogP contribution in [0.5, 0.6) is 5.75 Å². The third-order valence-electron chi connectivity index (χ3n) is 3.79. The highest BCUT2D eigenvalue weighted by Crippen LogP contribution is 2.28. The van der Waals surface area contributed by atoms with E-state index in [0.717, 1.165) is 5.56 Å². The maximum atomic E-state index is 11.3. The molecule has 0 saturated heterocycles. The quantitative estimate of drug-likeness (QED) is 0.911. The lowest BCUT2D eigenvalue weighted by Gasteiger charge is -2.18. The molecule has 0 spiro atoms. The summed E-state index contributed by atoms with van der Waals surface area (Å²) >= 11 is 0. The highest BCUT2D eigenvalue weighted by Gasteiger charge is 2.23. The highest BCUT2D eigenvalue weighted by atomic mass is 16.5. The van der Waals surface area contributed by atoms with Crippen LogP contribution in [0.25, 0.3) is 0 Å². The molecule has 1 aliphatic rings. The van der Waals surface area contributed by atoms with Crippen molar-refractivity contribution in [1.82, 2.24) is 25.1 Å². The van der Waals surface area contributed by atoms with Crippen LogP contribution in [0.2, 0.25) is 0 Å². The van der Waals surface area contributed by atoms with Crippen molar-refractivity contribution in [3.05, 3.63) is 35.2 Å². The number of ether oxygens (including phenoxy) is 1. The smallest absolute Gasteiger partial charge is 0.339 e. The van der Waals surface area contributed by atoms with E-state index in [2.05, 4.69) is 20.3 Å². The lowest BCUT2D eigenvalue weighted by Crippen LogP contribution is -2.27. The van der Waals surface area contributed by atoms with Crippen molar-refractivity contribution in [1.29, 1.82) is 0 Å². The van der Waals surface area contributed by atoms with Gasteiger partial charge in [-0.05, 0) is 32.1 Å². The predicted octanol–water partition coefficient (Wildman–Crippen LogP) is 1.52. The van der Waals surface area contributed by atoms with E-state index in [9.17, 15) is 9.90 Å². The van der Waals surface area contributed by atoms with Gasteiger partial charge in [0.2, 0.25) is 0 Å². The van der Waals surface area contributed by atoms with Crippen LogP contribution in [-0.2, 0) is 18.6 Å². The first-order valence-electron chi connectivity index (χ1n) is 7.84. The Morgan fingerprint density at radius 2 is 2.17 bits per heavy atom. The number of nitrogens with zero attached hydrogens (tertiary/aromatic N) is 5. The van der Waals surface area contributed by atoms with E-state index in [0.29, 0.717) is 37.8 Å². The SMILES string of the molecule is CC(C)(C)n1nnc(CN2CCOc3c(cccc3C(=O)O)C2)n1. The van der Waals surface area contributed by atoms with Gasteiger partial charge >= 0.3 is 5.97 Å². The van der Waals surface area contributed by atoms with Gasteiger partial charge in [0.15, 0.2) is 5.82 Å². The maximum absolute atomic E-state index is 11.3. The lowest BCUT2D eigenvalue weighted by molar-refractivity contribution is 0.0692. The van der Waals surface area contributed by atoms with Gasteiger partial charge in [-0.3, -0.25) is 4.90 Å². The fourth-order valence-electron chi connectivity index (χ4n) is 2.57. The summed E-state index contributed by atoms with van der Waals surface area (Å²) in [6.07, 6.45) is 0. The molecule has 24 heavy (non-hydrogen) atoms. The molecule has 8 nitrogen and oxygen atoms in total. The largest absolute Gasteiger partial charge is 0.491 e. The number of para-hydroxylation sites is 1. The molecule has 8 heteroatoms. The van der Waals surface area contributed by atoms with Gasteiger partial charge < -0.3 is 9.84 Å². The molecule has 0 aliphatic carbocycles. The molecule has 0 amide bonds. The summed E-state index contributed by atoms with van der Waals surface area (Å²) in [7, 11) is 0. The van der Waals surface area contributed by atoms with Crippen molar-refractivity contribution in [2.45, 2.75) is 39.4 Å². The number of carbonyl (C=O) groups is 1. The zero-order valence-corrected chi connectivity index (χ0v) is 14.1. The molecule has 0 atom stereocenters. The number of rotatable bonds is 3. The first-order chi connectivity index (χ1) is 11.3. The molecule has 1 aliphatic heterocycles. The molecule has 3 rings (SSSR count). The van der Waals surface area contributed by atoms with Crippen molar-refractivity contribution in [2.24, 2.45) is 0 Å². The Hall–Kier alpha value is -2.48. The van der Waals surface area contributed by atoms with Crippen molar-refractivity contribution < 1.29 is 14.6 Å². The summed E-state index contributed by atoms with van der Waals surface area (Å²) in [5.41, 5.74) is 0.845. The molecule has 0 bridgehead atoms. The number of fused-ring (bicyclic) bond motifs is 1. The Bertz CT molecular complexity index is 750. The standard InChI is InChI=1S/C16H21N5O3/c1-16(2,3)21-18-13(17-19-21)10-20-7-8-24-14-11(9-20)5-4-6-12(14)15(22)23/h4-6H,7-10H2,1-3H3,(H,22,23). The number of hydrogen-bond acceptors (Lipinski definition) is 6. The molecular weight excluding hydrogens is 310 g/mol. The zero-order chi connectivity index (χ0) is 17.3. The van der Waals surface area contributed by atoms with Crippen LogP contribution < -0.4 is 4.74 Å². The number of hydrogen-bond donors (Lipinski definition) is 1. The summed E-state index contributed by atoms with van der Waals surface area (Å²) in [4.78, 5) is 15.1. The van der Waals surface area contributed by atoms with Crippen LogP contribution in [0.15, 0.2) is 18.2 Å². The number of aromatic nitrogens is 4. The lowest BCUT2D eigenvalue weighted by atomic mass is 10.1. The molecule has 1 aromatic carbocycles. The van der Waals surface area contributed by atoms with Crippen molar-refractivity contribution in [3.63, 3.8) is 0 Å². The first-order valence-corrected chi connectivity index (χ1v) is 7.84. The monoisotopic (exact) mass is 331 g/mol. The van der Waals surface area contributed by atoms with Gasteiger partial charge in [-0.25, -0.2) is 4.79 Å². The normalized spacial score (nSPS) is 15.5. The summed E-state index contributed by atoms with van der Waals surface area (Å²) in [5, 5.41) is 21.9. The average molecular weight is 331 g/mol. The van der Waals surface area contributed by atoms with Crippen LogP contribution in [0, 0.1) is 0 Å². The van der Waals surface area contributed by atoms with Crippen LogP contribution >= 0.6 is 0 Å². The minimum Gasteiger partial charge on any atom is -0.491 e. The number of tetrazole rings is 1. The van der Waals surface area contributed by atoms with Crippen molar-refractivity contribution >= 4 is 5.97 Å². The number of aromatic carboxylic acids is 1. The van der Waals surface area contributed by atoms with Gasteiger partial charge in [-0.2, -0.15) is 4.80 Å². The van der Waals surface area contributed by atoms with E-state index in [1.54, 1.807) is 16.9 Å². The second-order valence-corrected chi connectivity index (χ2v) is 6.82. The molecule has 1 aromatic heterocycles. The Morgan fingerprint density at radius 3 is 2.83 bits per heavy atom. The molecule has 128 valence electrons. The van der Waals surface area contributed by atoms with Gasteiger partial charge in [0.05, 0.1) is 12.1 Å². The fourth-order valence-corrected chi connectivity index (χ4v) is 2.57. The Morgan fingerprint density at radius 1 is 1.38 bits per heavy atom. The summed E-state index contributed by atoms with van der Waals surface area (Å²) in [5.74, 6) is 0.122. The highest BCUT2D eigenvalue weighted by molar-refractivity contribution is 5.91. The number of carboxylic acids is 1. The second kappa shape index (κ2) is 6.20. The van der Waals surface area contributed by atoms with Crippen LogP contribution in [-0.4, -0.2) is 49.3 Å². The van der Waals surface area contributed by atoms with Crippen LogP contribution in [0.3, 0.4) is 0 Å². The van der Waals surface area contributed by atoms with E-state index < -0.39 is 5.97 Å². The number of benzene rings is 1. The minimum absolute atomic E-state index is 0.200. The van der Waals surface area contributed by atoms with E-state index >= 15 is 0 Å². The maximum Gasteiger partial charge on any atom is 0.339 e. The summed E-state index contributed by atoms with van der Waals surface area (Å²) in [6, 6.07) is 5.19. The zero-order valence-electron chi connectivity index (χ0n) is 14.1. The molecule has 2 heterocycles. The minimum atomic E-state index is -0.977. The van der Waals surface area contributed by atoms with Gasteiger partial charge in [0.25, 0.3) is 0 Å². The van der Waals surface area contributed by atoms with Crippen molar-refractivity contribution in [3.8, 4) is 5.75 Å². The van der Waals surface area contributed by atoms with Gasteiger partial charge in [0, 0.05) is 18.7 Å². The molecule has 0 fully saturated rings. The molecule has 0 unspecified atom stereocenters. The predicted molar refractivity (Wildman–Crippen MR) is 85.8 cm³/mol. The van der Waals surface area contributed by atoms with E-state index in [1.165, 1.54) is 0 Å². The molecule has 1 N–H and O–H groups in total. The van der Waals surface area contributed by atoms with Gasteiger partial charge in [-0.15, -0.1) is 10.2 Å². The van der Waals surface area contributed by atoms with Crippen LogP contribution in [0.1, 0.15) is 42.5 Å². The molecule has 2 aromatic rings. The molecule has 0 radical (unpaired) electrons. The Kier molecular flexibility index (Phi) is 4.23. The molecular formula is C16H21N5O3. The third-order valence-corrected chi connectivity index (χ3v) is 3.79. The average Bonchev–Trinajstić information content (AvgIpc) is 2.87. The Labute approximate surface area is 140 Å². The first kappa shape index (κ1) is 16.4. The molecule has 0 saturated carbocycles. The second-order valence-electron chi connectivity index (χ2n) is 6.82. The summed E-state index contributed by atoms with van der Waals surface area (Å²) < 4.78 is 5.68. The topological polar surface area (TPSA) is 93.4 Å². The fraction of sp³-hybridized carbons (Fsp3) is 0.500. The van der Waals surface area contributed by atoms with E-state index in [-0.39, 0.29) is 11.1 Å². The third kappa shape index (κ3) is 3.38. The number of carboxylic acid groups (broad SMARTS) is 1. The van der Waals surface area contributed by atoms with Crippen molar-refractivity contribution in [2.75, 3.05) is 13.2 Å². The Balaban J connectivity index is 1.78.